The van der Waals surface area contributed by atoms with Crippen LogP contribution in [0.1, 0.15) is 5.56 Å². The summed E-state index contributed by atoms with van der Waals surface area (Å²) >= 11 is 0. The van der Waals surface area contributed by atoms with Crippen LogP contribution in [0.4, 0.5) is 5.82 Å². The number of aromatic amines is 1. The molecular formula is C5H6N4O2. The van der Waals surface area contributed by atoms with Gasteiger partial charge < -0.3 is 10.2 Å². The van der Waals surface area contributed by atoms with E-state index in [0.717, 1.165) is 0 Å². The van der Waals surface area contributed by atoms with Gasteiger partial charge in [0.25, 0.3) is 0 Å². The number of hydrogen-bond donors (Lipinski definition) is 4. The Morgan fingerprint density at radius 3 is 3.09 bits per heavy atom. The maximum atomic E-state index is 8.94. The Morgan fingerprint density at radius 2 is 2.27 bits per heavy atom. The highest BCUT2D eigenvalue weighted by atomic mass is 16.5. The molecule has 0 fully saturated rings. The lowest BCUT2D eigenvalue weighted by molar-refractivity contribution is -0.127. The first-order valence-corrected chi connectivity index (χ1v) is 2.99. The van der Waals surface area contributed by atoms with Gasteiger partial charge in [-0.2, -0.15) is 5.10 Å². The van der Waals surface area contributed by atoms with E-state index in [1.54, 1.807) is 0 Å². The van der Waals surface area contributed by atoms with E-state index in [4.69, 9.17) is 10.2 Å². The fourth-order valence-electron chi connectivity index (χ4n) is 0.853. The third kappa shape index (κ3) is 0.975. The first-order valence-electron chi connectivity index (χ1n) is 2.99. The molecule has 0 saturated heterocycles. The average molecular weight is 154 g/mol. The van der Waals surface area contributed by atoms with Crippen LogP contribution in [0.2, 0.25) is 0 Å². The van der Waals surface area contributed by atoms with Gasteiger partial charge in [0.1, 0.15) is 5.82 Å². The van der Waals surface area contributed by atoms with Crippen LogP contribution in [-0.2, 0) is 0 Å². The van der Waals surface area contributed by atoms with Crippen LogP contribution in [-0.4, -0.2) is 32.7 Å². The molecule has 2 heterocycles. The van der Waals surface area contributed by atoms with Crippen molar-refractivity contribution in [1.82, 2.24) is 10.2 Å². The van der Waals surface area contributed by atoms with Gasteiger partial charge in [-0.3, -0.25) is 10.4 Å². The summed E-state index contributed by atoms with van der Waals surface area (Å²) in [6, 6.07) is -2.21. The zero-order valence-electron chi connectivity index (χ0n) is 5.44. The predicted molar refractivity (Wildman–Crippen MR) is 37.0 cm³/mol. The second-order valence-electron chi connectivity index (χ2n) is 2.22. The number of H-pyrrole nitrogens is 1. The quantitative estimate of drug-likeness (QED) is 0.355. The lowest BCUT2D eigenvalue weighted by atomic mass is 10.3. The first-order chi connectivity index (χ1) is 5.17. The summed E-state index contributed by atoms with van der Waals surface area (Å²) in [4.78, 5) is 3.39. The fourth-order valence-corrected chi connectivity index (χ4v) is 0.853. The molecule has 0 amide bonds. The molecule has 0 aromatic carbocycles. The summed E-state index contributed by atoms with van der Waals surface area (Å²) in [5.74, 6) is 0.449. The third-order valence-electron chi connectivity index (χ3n) is 1.35. The highest BCUT2D eigenvalue weighted by Crippen LogP contribution is 2.17. The minimum Gasteiger partial charge on any atom is -0.330 e. The van der Waals surface area contributed by atoms with Gasteiger partial charge in [-0.15, -0.1) is 0 Å². The number of nitrogens with one attached hydrogen (secondary N) is 2. The Kier molecular flexibility index (Phi) is 1.04. The Morgan fingerprint density at radius 1 is 1.45 bits per heavy atom. The molecule has 11 heavy (non-hydrogen) atoms. The molecule has 0 spiro atoms. The number of hydrogen-bond acceptors (Lipinski definition) is 5. The number of rotatable bonds is 0. The monoisotopic (exact) mass is 154 g/mol. The maximum absolute atomic E-state index is 8.94. The molecule has 0 aliphatic carbocycles. The minimum absolute atomic E-state index is 0.449. The molecule has 1 aromatic heterocycles. The van der Waals surface area contributed by atoms with E-state index in [9.17, 15) is 0 Å². The highest BCUT2D eigenvalue weighted by Gasteiger charge is 2.26. The van der Waals surface area contributed by atoms with Crippen molar-refractivity contribution in [3.05, 3.63) is 11.8 Å². The normalized spacial score (nSPS) is 19.1. The summed E-state index contributed by atoms with van der Waals surface area (Å²) < 4.78 is 0. The smallest absolute Gasteiger partial charge is 0.330 e. The van der Waals surface area contributed by atoms with E-state index < -0.39 is 6.03 Å². The number of aliphatic hydroxyl groups is 2. The van der Waals surface area contributed by atoms with Gasteiger partial charge in [-0.05, 0) is 0 Å². The molecule has 1 aromatic rings. The van der Waals surface area contributed by atoms with Gasteiger partial charge in [0.05, 0.1) is 11.8 Å². The van der Waals surface area contributed by atoms with Gasteiger partial charge in [-0.25, -0.2) is 4.99 Å². The van der Waals surface area contributed by atoms with Crippen LogP contribution in [0.5, 0.6) is 0 Å². The van der Waals surface area contributed by atoms with Crippen molar-refractivity contribution in [2.24, 2.45) is 4.99 Å². The Balaban J connectivity index is 2.44. The molecule has 4 N–H and O–H groups in total. The minimum atomic E-state index is -2.21. The second-order valence-corrected chi connectivity index (χ2v) is 2.22. The number of aliphatic imine (C=N–C) groups is 1. The summed E-state index contributed by atoms with van der Waals surface area (Å²) in [5.41, 5.74) is 0.698. The lowest BCUT2D eigenvalue weighted by Gasteiger charge is -2.20. The number of fused-ring (bicyclic) bond motifs is 1. The molecule has 2 rings (SSSR count). The number of anilines is 1. The zero-order valence-corrected chi connectivity index (χ0v) is 5.44. The fraction of sp³-hybridized carbons (Fsp3) is 0.200. The Hall–Kier alpha value is -1.40. The molecule has 0 bridgehead atoms. The lowest BCUT2D eigenvalue weighted by Crippen LogP contribution is -2.38. The van der Waals surface area contributed by atoms with Crippen molar-refractivity contribution in [3.8, 4) is 0 Å². The SMILES string of the molecule is OC1(O)N=Cc2cn[nH]c2N1. The van der Waals surface area contributed by atoms with E-state index in [0.29, 0.717) is 11.4 Å². The van der Waals surface area contributed by atoms with Gasteiger partial charge in [0.2, 0.25) is 0 Å². The van der Waals surface area contributed by atoms with E-state index in [2.05, 4.69) is 20.5 Å². The molecule has 0 unspecified atom stereocenters. The molecule has 0 radical (unpaired) electrons. The van der Waals surface area contributed by atoms with Crippen molar-refractivity contribution in [1.29, 1.82) is 0 Å². The zero-order chi connectivity index (χ0) is 7.90. The van der Waals surface area contributed by atoms with E-state index in [1.165, 1.54) is 12.4 Å². The first kappa shape index (κ1) is 6.32. The van der Waals surface area contributed by atoms with Crippen molar-refractivity contribution >= 4 is 12.0 Å². The van der Waals surface area contributed by atoms with Gasteiger partial charge >= 0.3 is 6.03 Å². The van der Waals surface area contributed by atoms with Crippen molar-refractivity contribution in [2.75, 3.05) is 5.32 Å². The van der Waals surface area contributed by atoms with E-state index in [1.807, 2.05) is 0 Å². The number of nitrogens with zero attached hydrogens (tertiary/aromatic N) is 2. The van der Waals surface area contributed by atoms with Crippen LogP contribution < -0.4 is 5.32 Å². The Labute approximate surface area is 61.6 Å². The second kappa shape index (κ2) is 1.80. The summed E-state index contributed by atoms with van der Waals surface area (Å²) in [6.45, 7) is 0. The maximum Gasteiger partial charge on any atom is 0.354 e. The summed E-state index contributed by atoms with van der Waals surface area (Å²) in [7, 11) is 0. The molecule has 58 valence electrons. The van der Waals surface area contributed by atoms with Crippen LogP contribution >= 0.6 is 0 Å². The average Bonchev–Trinajstić information content (AvgIpc) is 2.31. The molecular weight excluding hydrogens is 148 g/mol. The molecule has 0 atom stereocenters. The number of aromatic nitrogens is 2. The van der Waals surface area contributed by atoms with Crippen LogP contribution in [0, 0.1) is 0 Å². The van der Waals surface area contributed by atoms with Crippen molar-refractivity contribution < 1.29 is 10.2 Å². The third-order valence-corrected chi connectivity index (χ3v) is 1.35. The molecule has 1 aliphatic heterocycles. The van der Waals surface area contributed by atoms with E-state index >= 15 is 0 Å². The summed E-state index contributed by atoms with van der Waals surface area (Å²) in [6.07, 6.45) is 2.86. The molecule has 1 aliphatic rings. The van der Waals surface area contributed by atoms with Gasteiger partial charge in [0.15, 0.2) is 0 Å². The van der Waals surface area contributed by atoms with Gasteiger partial charge in [0, 0.05) is 6.21 Å². The summed E-state index contributed by atoms with van der Waals surface area (Å²) in [5, 5.41) is 26.4. The molecule has 6 heteroatoms. The molecule has 0 saturated carbocycles. The Bertz CT molecular complexity index is 303. The van der Waals surface area contributed by atoms with Crippen LogP contribution in [0.15, 0.2) is 11.2 Å². The highest BCUT2D eigenvalue weighted by molar-refractivity contribution is 5.87. The van der Waals surface area contributed by atoms with Crippen LogP contribution in [0.3, 0.4) is 0 Å². The topological polar surface area (TPSA) is 93.5 Å². The standard InChI is InChI=1S/C5H6N4O2/c10-5(11)6-1-3-2-7-9-4(3)8-5/h1-2,10-11H,(H2,7,8,9). The van der Waals surface area contributed by atoms with Crippen LogP contribution in [0.25, 0.3) is 0 Å². The largest absolute Gasteiger partial charge is 0.354 e. The van der Waals surface area contributed by atoms with Crippen molar-refractivity contribution in [3.63, 3.8) is 0 Å². The van der Waals surface area contributed by atoms with Gasteiger partial charge in [-0.1, -0.05) is 0 Å². The van der Waals surface area contributed by atoms with Crippen molar-refractivity contribution in [2.45, 2.75) is 6.03 Å². The van der Waals surface area contributed by atoms with E-state index in [-0.39, 0.29) is 0 Å². The molecule has 6 nitrogen and oxygen atoms in total. The predicted octanol–water partition coefficient (Wildman–Crippen LogP) is -1.15.